The minimum absolute atomic E-state index is 0.110. The Balaban J connectivity index is 1.82. The molecule has 1 heterocycles. The highest BCUT2D eigenvalue weighted by molar-refractivity contribution is 5.79. The van der Waals surface area contributed by atoms with E-state index in [1.165, 1.54) is 11.3 Å². The van der Waals surface area contributed by atoms with Gasteiger partial charge in [0.2, 0.25) is 5.91 Å². The molecule has 24 heavy (non-hydrogen) atoms. The molecule has 3 amide bonds. The standard InChI is InChI=1S/C18H28N4O2/c1-3-21(16-8-4-6-14(2)12-16)11-9-20-18(24)22-10-5-7-15(13-22)17(19)23/h4,6,8,12,15H,3,5,7,9-11,13H2,1-2H3,(H2,19,23)(H,20,24)/t15-/m1/s1. The first-order valence-corrected chi connectivity index (χ1v) is 8.65. The van der Waals surface area contributed by atoms with Crippen LogP contribution in [0.15, 0.2) is 24.3 Å². The topological polar surface area (TPSA) is 78.7 Å². The van der Waals surface area contributed by atoms with E-state index in [0.717, 1.165) is 25.9 Å². The minimum Gasteiger partial charge on any atom is -0.370 e. The highest BCUT2D eigenvalue weighted by Crippen LogP contribution is 2.16. The first-order valence-electron chi connectivity index (χ1n) is 8.65. The van der Waals surface area contributed by atoms with Gasteiger partial charge in [0.25, 0.3) is 0 Å². The summed E-state index contributed by atoms with van der Waals surface area (Å²) in [5.74, 6) is -0.534. The van der Waals surface area contributed by atoms with E-state index in [4.69, 9.17) is 5.73 Å². The van der Waals surface area contributed by atoms with E-state index < -0.39 is 0 Å². The number of anilines is 1. The number of hydrogen-bond donors (Lipinski definition) is 2. The lowest BCUT2D eigenvalue weighted by Crippen LogP contribution is -2.49. The van der Waals surface area contributed by atoms with E-state index in [-0.39, 0.29) is 17.9 Å². The molecule has 2 rings (SSSR count). The predicted octanol–water partition coefficient (Wildman–Crippen LogP) is 1.73. The number of hydrogen-bond acceptors (Lipinski definition) is 3. The largest absolute Gasteiger partial charge is 0.370 e. The van der Waals surface area contributed by atoms with Gasteiger partial charge < -0.3 is 20.9 Å². The summed E-state index contributed by atoms with van der Waals surface area (Å²) < 4.78 is 0. The molecule has 0 radical (unpaired) electrons. The lowest BCUT2D eigenvalue weighted by atomic mass is 9.98. The molecule has 6 heteroatoms. The van der Waals surface area contributed by atoms with Gasteiger partial charge >= 0.3 is 6.03 Å². The molecule has 1 aromatic rings. The van der Waals surface area contributed by atoms with E-state index in [9.17, 15) is 9.59 Å². The van der Waals surface area contributed by atoms with Crippen LogP contribution in [0.1, 0.15) is 25.3 Å². The molecule has 1 saturated heterocycles. The van der Waals surface area contributed by atoms with Crippen LogP contribution in [0.4, 0.5) is 10.5 Å². The number of carbonyl (C=O) groups is 2. The van der Waals surface area contributed by atoms with Crippen LogP contribution < -0.4 is 16.0 Å². The number of likely N-dealkylation sites (tertiary alicyclic amines) is 1. The Morgan fingerprint density at radius 3 is 2.88 bits per heavy atom. The van der Waals surface area contributed by atoms with Crippen molar-refractivity contribution < 1.29 is 9.59 Å². The van der Waals surface area contributed by atoms with Gasteiger partial charge in [-0.25, -0.2) is 4.79 Å². The number of urea groups is 1. The fourth-order valence-electron chi connectivity index (χ4n) is 3.10. The molecule has 1 aliphatic heterocycles. The molecule has 0 spiro atoms. The summed E-state index contributed by atoms with van der Waals surface area (Å²) in [5, 5.41) is 2.95. The third-order valence-corrected chi connectivity index (χ3v) is 4.52. The Hall–Kier alpha value is -2.24. The lowest BCUT2D eigenvalue weighted by Gasteiger charge is -2.31. The molecule has 1 aliphatic rings. The number of nitrogens with two attached hydrogens (primary N) is 1. The molecule has 6 nitrogen and oxygen atoms in total. The number of rotatable bonds is 6. The second-order valence-electron chi connectivity index (χ2n) is 6.34. The van der Waals surface area contributed by atoms with Crippen LogP contribution in [0.2, 0.25) is 0 Å². The third-order valence-electron chi connectivity index (χ3n) is 4.52. The molecular formula is C18H28N4O2. The van der Waals surface area contributed by atoms with Gasteiger partial charge in [-0.3, -0.25) is 4.79 Å². The molecule has 0 unspecified atom stereocenters. The van der Waals surface area contributed by atoms with Crippen molar-refractivity contribution >= 4 is 17.6 Å². The van der Waals surface area contributed by atoms with Gasteiger partial charge in [-0.15, -0.1) is 0 Å². The van der Waals surface area contributed by atoms with Crippen molar-refractivity contribution in [2.45, 2.75) is 26.7 Å². The second kappa shape index (κ2) is 8.57. The van der Waals surface area contributed by atoms with Crippen molar-refractivity contribution in [1.82, 2.24) is 10.2 Å². The monoisotopic (exact) mass is 332 g/mol. The number of carbonyl (C=O) groups excluding carboxylic acids is 2. The Morgan fingerprint density at radius 1 is 1.42 bits per heavy atom. The molecule has 1 aromatic carbocycles. The molecule has 0 aromatic heterocycles. The quantitative estimate of drug-likeness (QED) is 0.833. The zero-order valence-corrected chi connectivity index (χ0v) is 14.6. The third kappa shape index (κ3) is 4.88. The average Bonchev–Trinajstić information content (AvgIpc) is 2.58. The van der Waals surface area contributed by atoms with Gasteiger partial charge in [0.05, 0.1) is 5.92 Å². The summed E-state index contributed by atoms with van der Waals surface area (Å²) in [5.41, 5.74) is 7.75. The Morgan fingerprint density at radius 2 is 2.21 bits per heavy atom. The van der Waals surface area contributed by atoms with E-state index in [1.54, 1.807) is 4.90 Å². The number of benzene rings is 1. The van der Waals surface area contributed by atoms with Gasteiger partial charge in [0.15, 0.2) is 0 Å². The van der Waals surface area contributed by atoms with E-state index in [1.807, 2.05) is 6.07 Å². The molecule has 1 atom stereocenters. The summed E-state index contributed by atoms with van der Waals surface area (Å²) in [4.78, 5) is 27.5. The number of primary amides is 1. The number of aryl methyl sites for hydroxylation is 1. The van der Waals surface area contributed by atoms with Crippen molar-refractivity contribution in [2.75, 3.05) is 37.6 Å². The van der Waals surface area contributed by atoms with Crippen molar-refractivity contribution in [3.8, 4) is 0 Å². The molecule has 1 fully saturated rings. The van der Waals surface area contributed by atoms with Crippen molar-refractivity contribution in [2.24, 2.45) is 11.7 Å². The normalized spacial score (nSPS) is 17.4. The highest BCUT2D eigenvalue weighted by Gasteiger charge is 2.26. The van der Waals surface area contributed by atoms with Crippen molar-refractivity contribution in [3.63, 3.8) is 0 Å². The van der Waals surface area contributed by atoms with Crippen LogP contribution in [-0.4, -0.2) is 49.6 Å². The molecule has 132 valence electrons. The van der Waals surface area contributed by atoms with Gasteiger partial charge in [0.1, 0.15) is 0 Å². The Bertz CT molecular complexity index is 576. The molecule has 3 N–H and O–H groups in total. The van der Waals surface area contributed by atoms with E-state index in [0.29, 0.717) is 19.6 Å². The van der Waals surface area contributed by atoms with Gasteiger partial charge in [-0.2, -0.15) is 0 Å². The maximum Gasteiger partial charge on any atom is 0.317 e. The summed E-state index contributed by atoms with van der Waals surface area (Å²) in [6.07, 6.45) is 1.60. The number of likely N-dealkylation sites (N-methyl/N-ethyl adjacent to an activating group) is 1. The van der Waals surface area contributed by atoms with Crippen LogP contribution in [0.25, 0.3) is 0 Å². The second-order valence-corrected chi connectivity index (χ2v) is 6.34. The first-order chi connectivity index (χ1) is 11.5. The van der Waals surface area contributed by atoms with Crippen molar-refractivity contribution in [3.05, 3.63) is 29.8 Å². The van der Waals surface area contributed by atoms with Crippen LogP contribution in [-0.2, 0) is 4.79 Å². The fourth-order valence-corrected chi connectivity index (χ4v) is 3.10. The summed E-state index contributed by atoms with van der Waals surface area (Å²) in [6, 6.07) is 8.24. The van der Waals surface area contributed by atoms with Crippen LogP contribution in [0.3, 0.4) is 0 Å². The van der Waals surface area contributed by atoms with Gasteiger partial charge in [-0.1, -0.05) is 12.1 Å². The van der Waals surface area contributed by atoms with Crippen LogP contribution >= 0.6 is 0 Å². The smallest absolute Gasteiger partial charge is 0.317 e. The SMILES string of the molecule is CCN(CCNC(=O)N1CCC[C@@H](C(N)=O)C1)c1cccc(C)c1. The molecule has 0 saturated carbocycles. The maximum atomic E-state index is 12.3. The zero-order valence-electron chi connectivity index (χ0n) is 14.6. The van der Waals surface area contributed by atoms with Gasteiger partial charge in [0, 0.05) is 38.4 Å². The van der Waals surface area contributed by atoms with Crippen LogP contribution in [0.5, 0.6) is 0 Å². The number of nitrogens with one attached hydrogen (secondary N) is 1. The predicted molar refractivity (Wildman–Crippen MR) is 96.0 cm³/mol. The van der Waals surface area contributed by atoms with Crippen LogP contribution in [0, 0.1) is 12.8 Å². The summed E-state index contributed by atoms with van der Waals surface area (Å²) >= 11 is 0. The molecule has 0 bridgehead atoms. The van der Waals surface area contributed by atoms with E-state index >= 15 is 0 Å². The van der Waals surface area contributed by atoms with Crippen molar-refractivity contribution in [1.29, 1.82) is 0 Å². The molecular weight excluding hydrogens is 304 g/mol. The first kappa shape index (κ1) is 18.1. The zero-order chi connectivity index (χ0) is 17.5. The summed E-state index contributed by atoms with van der Waals surface area (Å²) in [7, 11) is 0. The Labute approximate surface area is 144 Å². The Kier molecular flexibility index (Phi) is 6.46. The maximum absolute atomic E-state index is 12.3. The highest BCUT2D eigenvalue weighted by atomic mass is 16.2. The van der Waals surface area contributed by atoms with E-state index in [2.05, 4.69) is 42.3 Å². The number of amides is 3. The number of nitrogens with zero attached hydrogens (tertiary/aromatic N) is 2. The molecule has 0 aliphatic carbocycles. The number of piperidine rings is 1. The van der Waals surface area contributed by atoms with Gasteiger partial charge in [-0.05, 0) is 44.4 Å². The minimum atomic E-state index is -0.316. The summed E-state index contributed by atoms with van der Waals surface area (Å²) in [6.45, 7) is 7.49. The average molecular weight is 332 g/mol. The fraction of sp³-hybridized carbons (Fsp3) is 0.556. The lowest BCUT2D eigenvalue weighted by molar-refractivity contribution is -0.123.